The molecule has 0 fully saturated rings. The molecule has 6 heteroatoms. The molecule has 0 spiro atoms. The van der Waals surface area contributed by atoms with Gasteiger partial charge in [-0.05, 0) is 48.9 Å². The predicted molar refractivity (Wildman–Crippen MR) is 81.9 cm³/mol. The number of rotatable bonds is 4. The number of anilines is 2. The van der Waals surface area contributed by atoms with Crippen molar-refractivity contribution in [3.63, 3.8) is 0 Å². The van der Waals surface area contributed by atoms with Crippen molar-refractivity contribution in [3.05, 3.63) is 53.8 Å². The highest BCUT2D eigenvalue weighted by Gasteiger charge is 2.11. The first kappa shape index (κ1) is 15.2. The first-order valence-electron chi connectivity index (χ1n) is 6.25. The Labute approximate surface area is 124 Å². The smallest absolute Gasteiger partial charge is 0.237 e. The van der Waals surface area contributed by atoms with E-state index in [1.807, 2.05) is 6.92 Å². The van der Waals surface area contributed by atoms with Crippen molar-refractivity contribution in [1.29, 1.82) is 0 Å². The van der Waals surface area contributed by atoms with Crippen LogP contribution in [0.15, 0.2) is 47.4 Å². The fraction of sp³-hybridized carbons (Fsp3) is 0.133. The molecule has 0 aromatic heterocycles. The minimum Gasteiger partial charge on any atom is -0.399 e. The van der Waals surface area contributed by atoms with Gasteiger partial charge in [0.1, 0.15) is 11.6 Å². The maximum atomic E-state index is 13.0. The third kappa shape index (κ3) is 4.13. The standard InChI is InChI=1S/C15H15FN2O2S/c1-10-7-13(5-6-14(10)17)21(20)9-15(19)18-12-4-2-3-11(16)8-12/h2-8H,9,17H2,1H3,(H,18,19). The Morgan fingerprint density at radius 2 is 2.05 bits per heavy atom. The molecule has 2 rings (SSSR count). The third-order valence-corrected chi connectivity index (χ3v) is 4.18. The number of benzene rings is 2. The number of halogens is 1. The lowest BCUT2D eigenvalue weighted by atomic mass is 10.2. The summed E-state index contributed by atoms with van der Waals surface area (Å²) >= 11 is 0. The Hall–Kier alpha value is -2.21. The van der Waals surface area contributed by atoms with Crippen LogP contribution in [0.1, 0.15) is 5.56 Å². The second-order valence-electron chi connectivity index (χ2n) is 4.57. The number of amides is 1. The van der Waals surface area contributed by atoms with Crippen LogP contribution in [0, 0.1) is 12.7 Å². The Morgan fingerprint density at radius 3 is 2.71 bits per heavy atom. The fourth-order valence-corrected chi connectivity index (χ4v) is 2.76. The van der Waals surface area contributed by atoms with Gasteiger partial charge in [0, 0.05) is 16.3 Å². The normalized spacial score (nSPS) is 11.9. The van der Waals surface area contributed by atoms with Gasteiger partial charge in [-0.3, -0.25) is 9.00 Å². The molecule has 3 N–H and O–H groups in total. The number of hydrogen-bond donors (Lipinski definition) is 2. The molecule has 0 aliphatic rings. The second-order valence-corrected chi connectivity index (χ2v) is 6.02. The van der Waals surface area contributed by atoms with Crippen LogP contribution < -0.4 is 11.1 Å². The summed E-state index contributed by atoms with van der Waals surface area (Å²) in [5.74, 6) is -1.07. The van der Waals surface area contributed by atoms with E-state index in [0.29, 0.717) is 16.3 Å². The molecule has 1 atom stereocenters. The van der Waals surface area contributed by atoms with Crippen LogP contribution in [0.25, 0.3) is 0 Å². The van der Waals surface area contributed by atoms with E-state index in [2.05, 4.69) is 5.32 Å². The second kappa shape index (κ2) is 6.49. The SMILES string of the molecule is Cc1cc(S(=O)CC(=O)Nc2cccc(F)c2)ccc1N. The molecule has 0 heterocycles. The summed E-state index contributed by atoms with van der Waals surface area (Å²) in [6.45, 7) is 1.81. The summed E-state index contributed by atoms with van der Waals surface area (Å²) in [4.78, 5) is 12.3. The van der Waals surface area contributed by atoms with Gasteiger partial charge in [-0.2, -0.15) is 0 Å². The Bertz CT molecular complexity index is 704. The van der Waals surface area contributed by atoms with Crippen molar-refractivity contribution in [1.82, 2.24) is 0 Å². The molecule has 1 amide bonds. The van der Waals surface area contributed by atoms with E-state index in [1.54, 1.807) is 24.3 Å². The van der Waals surface area contributed by atoms with E-state index in [1.165, 1.54) is 18.2 Å². The molecule has 4 nitrogen and oxygen atoms in total. The Morgan fingerprint density at radius 1 is 1.29 bits per heavy atom. The van der Waals surface area contributed by atoms with Crippen molar-refractivity contribution in [3.8, 4) is 0 Å². The first-order valence-corrected chi connectivity index (χ1v) is 7.57. The molecule has 1 unspecified atom stereocenters. The summed E-state index contributed by atoms with van der Waals surface area (Å²) in [6, 6.07) is 10.5. The third-order valence-electron chi connectivity index (χ3n) is 2.87. The average molecular weight is 306 g/mol. The molecule has 2 aromatic rings. The van der Waals surface area contributed by atoms with Crippen LogP contribution in [-0.2, 0) is 15.6 Å². The number of carbonyl (C=O) groups excluding carboxylic acids is 1. The topological polar surface area (TPSA) is 72.2 Å². The van der Waals surface area contributed by atoms with Crippen molar-refractivity contribution >= 4 is 28.1 Å². The molecule has 0 aliphatic carbocycles. The molecule has 0 aliphatic heterocycles. The van der Waals surface area contributed by atoms with Gasteiger partial charge >= 0.3 is 0 Å². The fourth-order valence-electron chi connectivity index (χ4n) is 1.76. The molecule has 0 saturated carbocycles. The van der Waals surface area contributed by atoms with Crippen molar-refractivity contribution < 1.29 is 13.4 Å². The van der Waals surface area contributed by atoms with E-state index >= 15 is 0 Å². The highest BCUT2D eigenvalue weighted by atomic mass is 32.2. The van der Waals surface area contributed by atoms with Gasteiger partial charge in [0.15, 0.2) is 0 Å². The molecule has 2 aromatic carbocycles. The molecular weight excluding hydrogens is 291 g/mol. The van der Waals surface area contributed by atoms with E-state index in [9.17, 15) is 13.4 Å². The van der Waals surface area contributed by atoms with Crippen LogP contribution >= 0.6 is 0 Å². The zero-order valence-electron chi connectivity index (χ0n) is 11.4. The first-order chi connectivity index (χ1) is 9.95. The maximum Gasteiger partial charge on any atom is 0.237 e. The van der Waals surface area contributed by atoms with Crippen LogP contribution in [0.4, 0.5) is 15.8 Å². The summed E-state index contributed by atoms with van der Waals surface area (Å²) < 4.78 is 25.1. The van der Waals surface area contributed by atoms with Crippen LogP contribution in [-0.4, -0.2) is 15.9 Å². The van der Waals surface area contributed by atoms with Gasteiger partial charge < -0.3 is 11.1 Å². The number of carbonyl (C=O) groups is 1. The van der Waals surface area contributed by atoms with Gasteiger partial charge in [0.25, 0.3) is 0 Å². The zero-order valence-corrected chi connectivity index (χ0v) is 12.2. The van der Waals surface area contributed by atoms with Gasteiger partial charge in [0.05, 0.1) is 10.8 Å². The highest BCUT2D eigenvalue weighted by Crippen LogP contribution is 2.16. The lowest BCUT2D eigenvalue weighted by molar-refractivity contribution is -0.113. The molecule has 0 saturated heterocycles. The lowest BCUT2D eigenvalue weighted by Crippen LogP contribution is -2.19. The average Bonchev–Trinajstić information content (AvgIpc) is 2.41. The van der Waals surface area contributed by atoms with E-state index in [4.69, 9.17) is 5.73 Å². The minimum absolute atomic E-state index is 0.195. The lowest BCUT2D eigenvalue weighted by Gasteiger charge is -2.07. The van der Waals surface area contributed by atoms with Gasteiger partial charge in [-0.1, -0.05) is 6.07 Å². The number of nitrogens with one attached hydrogen (secondary N) is 1. The van der Waals surface area contributed by atoms with Gasteiger partial charge in [0.2, 0.25) is 5.91 Å². The van der Waals surface area contributed by atoms with Gasteiger partial charge in [-0.25, -0.2) is 4.39 Å². The summed E-state index contributed by atoms with van der Waals surface area (Å²) in [7, 11) is -1.47. The zero-order chi connectivity index (χ0) is 15.4. The largest absolute Gasteiger partial charge is 0.399 e. The summed E-state index contributed by atoms with van der Waals surface area (Å²) in [6.07, 6.45) is 0. The number of aryl methyl sites for hydroxylation is 1. The van der Waals surface area contributed by atoms with Crippen LogP contribution in [0.5, 0.6) is 0 Å². The number of hydrogen-bond acceptors (Lipinski definition) is 3. The maximum absolute atomic E-state index is 13.0. The molecule has 0 bridgehead atoms. The molecular formula is C15H15FN2O2S. The predicted octanol–water partition coefficient (Wildman–Crippen LogP) is 2.46. The summed E-state index contributed by atoms with van der Waals surface area (Å²) in [5.41, 5.74) is 7.45. The number of nitrogens with two attached hydrogens (primary N) is 1. The summed E-state index contributed by atoms with van der Waals surface area (Å²) in [5, 5.41) is 2.51. The van der Waals surface area contributed by atoms with Crippen molar-refractivity contribution in [2.75, 3.05) is 16.8 Å². The molecule has 110 valence electrons. The van der Waals surface area contributed by atoms with E-state index < -0.39 is 22.5 Å². The van der Waals surface area contributed by atoms with Crippen molar-refractivity contribution in [2.24, 2.45) is 0 Å². The highest BCUT2D eigenvalue weighted by molar-refractivity contribution is 7.85. The monoisotopic (exact) mass is 306 g/mol. The van der Waals surface area contributed by atoms with Crippen molar-refractivity contribution in [2.45, 2.75) is 11.8 Å². The Balaban J connectivity index is 2.02. The van der Waals surface area contributed by atoms with E-state index in [0.717, 1.165) is 5.56 Å². The van der Waals surface area contributed by atoms with E-state index in [-0.39, 0.29) is 5.75 Å². The molecule has 21 heavy (non-hydrogen) atoms. The van der Waals surface area contributed by atoms with Crippen LogP contribution in [0.3, 0.4) is 0 Å². The Kier molecular flexibility index (Phi) is 4.70. The molecule has 0 radical (unpaired) electrons. The van der Waals surface area contributed by atoms with Gasteiger partial charge in [-0.15, -0.1) is 0 Å². The minimum atomic E-state index is -1.47. The number of nitrogen functional groups attached to an aromatic ring is 1. The van der Waals surface area contributed by atoms with Crippen LogP contribution in [0.2, 0.25) is 0 Å². The quantitative estimate of drug-likeness (QED) is 0.852.